The van der Waals surface area contributed by atoms with Crippen molar-refractivity contribution in [3.63, 3.8) is 0 Å². The lowest BCUT2D eigenvalue weighted by Gasteiger charge is -2.24. The fourth-order valence-electron chi connectivity index (χ4n) is 1.85. The summed E-state index contributed by atoms with van der Waals surface area (Å²) in [5, 5.41) is 17.4. The highest BCUT2D eigenvalue weighted by atomic mass is 32.2. The molecule has 0 aromatic heterocycles. The summed E-state index contributed by atoms with van der Waals surface area (Å²) in [5.74, 6) is -1.51. The van der Waals surface area contributed by atoms with Gasteiger partial charge >= 0.3 is 12.1 Å². The average molecular weight is 271 g/mol. The Morgan fingerprint density at radius 3 is 2.67 bits per heavy atom. The van der Waals surface area contributed by atoms with Crippen LogP contribution in [0.4, 0.5) is 9.18 Å². The van der Waals surface area contributed by atoms with Crippen molar-refractivity contribution in [1.82, 2.24) is 4.90 Å². The van der Waals surface area contributed by atoms with Crippen molar-refractivity contribution in [2.75, 3.05) is 5.75 Å². The standard InChI is InChI=1S/C11H10FNO4S/c12-7-3-1-2-6(4-7)9-13(11(16)17)8(5-18-9)10(14)15/h1-4,8-9H,5H2,(H,14,15)(H,16,17)/t8?,9-/m1/s1. The normalized spacial score (nSPS) is 23.1. The largest absolute Gasteiger partial charge is 0.480 e. The predicted octanol–water partition coefficient (Wildman–Crippen LogP) is 2.00. The number of rotatable bonds is 2. The molecule has 2 atom stereocenters. The Labute approximate surface area is 106 Å². The van der Waals surface area contributed by atoms with Crippen LogP contribution in [0.2, 0.25) is 0 Å². The lowest BCUT2D eigenvalue weighted by molar-refractivity contribution is -0.141. The molecule has 96 valence electrons. The maximum absolute atomic E-state index is 13.1. The van der Waals surface area contributed by atoms with Crippen molar-refractivity contribution in [2.45, 2.75) is 11.4 Å². The minimum atomic E-state index is -1.32. The summed E-state index contributed by atoms with van der Waals surface area (Å²) in [7, 11) is 0. The van der Waals surface area contributed by atoms with Gasteiger partial charge in [0.2, 0.25) is 0 Å². The molecule has 5 nitrogen and oxygen atoms in total. The molecule has 1 aromatic rings. The lowest BCUT2D eigenvalue weighted by Crippen LogP contribution is -2.42. The number of hydrogen-bond donors (Lipinski definition) is 2. The molecule has 1 aromatic carbocycles. The number of hydrogen-bond acceptors (Lipinski definition) is 3. The van der Waals surface area contributed by atoms with Gasteiger partial charge in [-0.15, -0.1) is 11.8 Å². The van der Waals surface area contributed by atoms with E-state index in [1.807, 2.05) is 0 Å². The van der Waals surface area contributed by atoms with Gasteiger partial charge in [-0.2, -0.15) is 0 Å². The summed E-state index contributed by atoms with van der Waals surface area (Å²) in [5.41, 5.74) is 0.450. The molecule has 0 bridgehead atoms. The second kappa shape index (κ2) is 4.85. The molecule has 1 fully saturated rings. The molecule has 1 heterocycles. The van der Waals surface area contributed by atoms with Crippen molar-refractivity contribution in [3.8, 4) is 0 Å². The van der Waals surface area contributed by atoms with Crippen molar-refractivity contribution in [2.24, 2.45) is 0 Å². The first-order chi connectivity index (χ1) is 8.50. The highest BCUT2D eigenvalue weighted by Crippen LogP contribution is 2.41. The average Bonchev–Trinajstić information content (AvgIpc) is 2.73. The van der Waals surface area contributed by atoms with Gasteiger partial charge in [-0.1, -0.05) is 12.1 Å². The van der Waals surface area contributed by atoms with Crippen LogP contribution < -0.4 is 0 Å². The quantitative estimate of drug-likeness (QED) is 0.860. The fraction of sp³-hybridized carbons (Fsp3) is 0.273. The van der Waals surface area contributed by atoms with Crippen molar-refractivity contribution < 1.29 is 24.2 Å². The summed E-state index contributed by atoms with van der Waals surface area (Å²) in [6.45, 7) is 0. The van der Waals surface area contributed by atoms with E-state index in [1.54, 1.807) is 6.07 Å². The van der Waals surface area contributed by atoms with Crippen LogP contribution in [0, 0.1) is 5.82 Å². The van der Waals surface area contributed by atoms with Crippen LogP contribution in [0.1, 0.15) is 10.9 Å². The Kier molecular flexibility index (Phi) is 3.42. The van der Waals surface area contributed by atoms with E-state index in [-0.39, 0.29) is 5.75 Å². The maximum Gasteiger partial charge on any atom is 0.409 e. The Bertz CT molecular complexity index is 496. The molecule has 0 aliphatic carbocycles. The van der Waals surface area contributed by atoms with Gasteiger partial charge in [-0.05, 0) is 17.7 Å². The molecule has 0 saturated carbocycles. The molecule has 1 saturated heterocycles. The van der Waals surface area contributed by atoms with E-state index in [0.717, 1.165) is 4.90 Å². The summed E-state index contributed by atoms with van der Waals surface area (Å²) < 4.78 is 13.1. The van der Waals surface area contributed by atoms with Gasteiger partial charge < -0.3 is 10.2 Å². The van der Waals surface area contributed by atoms with Crippen LogP contribution in [0.15, 0.2) is 24.3 Å². The van der Waals surface area contributed by atoms with Crippen LogP contribution in [-0.2, 0) is 4.79 Å². The molecule has 0 radical (unpaired) electrons. The SMILES string of the molecule is O=C(O)C1CS[C@H](c2cccc(F)c2)N1C(=O)O. The molecule has 18 heavy (non-hydrogen) atoms. The fourth-order valence-corrected chi connectivity index (χ4v) is 3.25. The first-order valence-corrected chi connectivity index (χ1v) is 6.16. The van der Waals surface area contributed by atoms with E-state index in [1.165, 1.54) is 30.0 Å². The van der Waals surface area contributed by atoms with Crippen molar-refractivity contribution in [1.29, 1.82) is 0 Å². The van der Waals surface area contributed by atoms with E-state index < -0.39 is 29.3 Å². The second-order valence-electron chi connectivity index (χ2n) is 3.78. The maximum atomic E-state index is 13.1. The van der Waals surface area contributed by atoms with E-state index >= 15 is 0 Å². The zero-order valence-corrected chi connectivity index (χ0v) is 9.93. The number of carbonyl (C=O) groups is 2. The van der Waals surface area contributed by atoms with E-state index in [2.05, 4.69) is 0 Å². The van der Waals surface area contributed by atoms with E-state index in [4.69, 9.17) is 10.2 Å². The Morgan fingerprint density at radius 1 is 1.39 bits per heavy atom. The van der Waals surface area contributed by atoms with Gasteiger partial charge in [0.15, 0.2) is 0 Å². The van der Waals surface area contributed by atoms with Crippen LogP contribution in [-0.4, -0.2) is 39.0 Å². The Hall–Kier alpha value is -1.76. The minimum Gasteiger partial charge on any atom is -0.480 e. The number of benzene rings is 1. The van der Waals surface area contributed by atoms with E-state index in [0.29, 0.717) is 5.56 Å². The van der Waals surface area contributed by atoms with Crippen LogP contribution in [0.25, 0.3) is 0 Å². The number of carboxylic acids is 1. The summed E-state index contributed by atoms with van der Waals surface area (Å²) in [6.07, 6.45) is -1.32. The molecule has 2 rings (SSSR count). The van der Waals surface area contributed by atoms with Gasteiger partial charge in [0.25, 0.3) is 0 Å². The summed E-state index contributed by atoms with van der Waals surface area (Å²) in [6, 6.07) is 4.43. The number of aliphatic carboxylic acids is 1. The number of carboxylic acid groups (broad SMARTS) is 2. The number of nitrogens with zero attached hydrogens (tertiary/aromatic N) is 1. The molecule has 1 amide bonds. The molecule has 1 unspecified atom stereocenters. The summed E-state index contributed by atoms with van der Waals surface area (Å²) >= 11 is 1.17. The minimum absolute atomic E-state index is 0.156. The van der Waals surface area contributed by atoms with Crippen molar-refractivity contribution in [3.05, 3.63) is 35.6 Å². The van der Waals surface area contributed by atoms with Crippen LogP contribution in [0.3, 0.4) is 0 Å². The first kappa shape index (κ1) is 12.7. The number of halogens is 1. The zero-order valence-electron chi connectivity index (χ0n) is 9.12. The number of amides is 1. The molecular formula is C11H10FNO4S. The van der Waals surface area contributed by atoms with Crippen LogP contribution >= 0.6 is 11.8 Å². The third-order valence-corrected chi connectivity index (χ3v) is 3.96. The Morgan fingerprint density at radius 2 is 2.11 bits per heavy atom. The van der Waals surface area contributed by atoms with Gasteiger partial charge in [-0.3, -0.25) is 4.90 Å². The van der Waals surface area contributed by atoms with Crippen LogP contribution in [0.5, 0.6) is 0 Å². The monoisotopic (exact) mass is 271 g/mol. The zero-order chi connectivity index (χ0) is 13.3. The van der Waals surface area contributed by atoms with Gasteiger partial charge in [-0.25, -0.2) is 14.0 Å². The third-order valence-electron chi connectivity index (χ3n) is 2.64. The highest BCUT2D eigenvalue weighted by Gasteiger charge is 2.42. The third kappa shape index (κ3) is 2.26. The highest BCUT2D eigenvalue weighted by molar-refractivity contribution is 7.99. The van der Waals surface area contributed by atoms with Gasteiger partial charge in [0.1, 0.15) is 17.2 Å². The van der Waals surface area contributed by atoms with E-state index in [9.17, 15) is 14.0 Å². The molecule has 1 aliphatic rings. The molecule has 1 aliphatic heterocycles. The molecular weight excluding hydrogens is 261 g/mol. The Balaban J connectivity index is 2.33. The number of thioether (sulfide) groups is 1. The lowest BCUT2D eigenvalue weighted by atomic mass is 10.2. The summed E-state index contributed by atoms with van der Waals surface area (Å²) in [4.78, 5) is 23.0. The molecule has 0 spiro atoms. The topological polar surface area (TPSA) is 77.8 Å². The molecule has 2 N–H and O–H groups in total. The molecule has 7 heteroatoms. The van der Waals surface area contributed by atoms with Gasteiger partial charge in [0, 0.05) is 5.75 Å². The smallest absolute Gasteiger partial charge is 0.409 e. The van der Waals surface area contributed by atoms with Gasteiger partial charge in [0.05, 0.1) is 0 Å². The predicted molar refractivity (Wildman–Crippen MR) is 62.9 cm³/mol. The second-order valence-corrected chi connectivity index (χ2v) is 4.90. The first-order valence-electron chi connectivity index (χ1n) is 5.12. The van der Waals surface area contributed by atoms with Crippen molar-refractivity contribution >= 4 is 23.8 Å².